The van der Waals surface area contributed by atoms with Gasteiger partial charge in [-0.2, -0.15) is 0 Å². The van der Waals surface area contributed by atoms with Gasteiger partial charge in [-0.1, -0.05) is 30.3 Å². The Morgan fingerprint density at radius 1 is 1.11 bits per heavy atom. The highest BCUT2D eigenvalue weighted by molar-refractivity contribution is 5.58. The van der Waals surface area contributed by atoms with Gasteiger partial charge in [-0.3, -0.25) is 0 Å². The van der Waals surface area contributed by atoms with E-state index in [0.29, 0.717) is 5.92 Å². The second-order valence-electron chi connectivity index (χ2n) is 5.38. The molecule has 2 heteroatoms. The van der Waals surface area contributed by atoms with Gasteiger partial charge in [0.25, 0.3) is 0 Å². The van der Waals surface area contributed by atoms with Crippen LogP contribution in [0.2, 0.25) is 0 Å². The Kier molecular flexibility index (Phi) is 3.16. The normalized spacial score (nSPS) is 18.8. The van der Waals surface area contributed by atoms with E-state index < -0.39 is 0 Å². The van der Waals surface area contributed by atoms with Gasteiger partial charge in [0.05, 0.1) is 0 Å². The Bertz CT molecular complexity index is 563. The molecule has 1 heterocycles. The highest BCUT2D eigenvalue weighted by atomic mass is 15.1. The lowest BCUT2D eigenvalue weighted by Crippen LogP contribution is -2.19. The summed E-state index contributed by atoms with van der Waals surface area (Å²) in [5.74, 6) is 0.652. The minimum atomic E-state index is 0.652. The predicted molar refractivity (Wildman–Crippen MR) is 81.6 cm³/mol. The first-order chi connectivity index (χ1) is 9.24. The molecule has 0 amide bonds. The van der Waals surface area contributed by atoms with Gasteiger partial charge in [-0.25, -0.2) is 0 Å². The summed E-state index contributed by atoms with van der Waals surface area (Å²) in [5.41, 5.74) is 10.7. The molecule has 0 bridgehead atoms. The molecule has 1 unspecified atom stereocenters. The number of hydrogen-bond donors (Lipinski definition) is 1. The summed E-state index contributed by atoms with van der Waals surface area (Å²) in [4.78, 5) is 2.46. The molecule has 2 aromatic carbocycles. The van der Waals surface area contributed by atoms with Gasteiger partial charge in [0.2, 0.25) is 0 Å². The fraction of sp³-hybridized carbons (Fsp3) is 0.294. The van der Waals surface area contributed by atoms with Crippen LogP contribution in [0.1, 0.15) is 23.5 Å². The van der Waals surface area contributed by atoms with Crippen molar-refractivity contribution in [2.24, 2.45) is 0 Å². The van der Waals surface area contributed by atoms with Crippen molar-refractivity contribution in [2.45, 2.75) is 19.3 Å². The van der Waals surface area contributed by atoms with Crippen molar-refractivity contribution < 1.29 is 0 Å². The highest BCUT2D eigenvalue weighted by Gasteiger charge is 2.23. The predicted octanol–water partition coefficient (Wildman–Crippen LogP) is 3.57. The van der Waals surface area contributed by atoms with Crippen LogP contribution < -0.4 is 10.6 Å². The second-order valence-corrected chi connectivity index (χ2v) is 5.38. The lowest BCUT2D eigenvalue weighted by molar-refractivity contribution is 0.775. The Morgan fingerprint density at radius 3 is 2.63 bits per heavy atom. The molecule has 1 fully saturated rings. The molecule has 0 aliphatic carbocycles. The largest absolute Gasteiger partial charge is 0.399 e. The first kappa shape index (κ1) is 12.1. The fourth-order valence-electron chi connectivity index (χ4n) is 2.85. The third kappa shape index (κ3) is 2.43. The molecule has 0 spiro atoms. The minimum Gasteiger partial charge on any atom is -0.399 e. The Balaban J connectivity index is 1.77. The van der Waals surface area contributed by atoms with Crippen molar-refractivity contribution >= 4 is 11.4 Å². The van der Waals surface area contributed by atoms with E-state index in [0.717, 1.165) is 18.8 Å². The third-order valence-corrected chi connectivity index (χ3v) is 4.08. The lowest BCUT2D eigenvalue weighted by atomic mass is 9.99. The van der Waals surface area contributed by atoms with Gasteiger partial charge < -0.3 is 10.6 Å². The number of nitrogens with two attached hydrogens (primary N) is 1. The quantitative estimate of drug-likeness (QED) is 0.828. The fourth-order valence-corrected chi connectivity index (χ4v) is 2.85. The number of hydrogen-bond acceptors (Lipinski definition) is 2. The van der Waals surface area contributed by atoms with Crippen LogP contribution in [-0.4, -0.2) is 13.1 Å². The lowest BCUT2D eigenvalue weighted by Gasteiger charge is -2.20. The van der Waals surface area contributed by atoms with E-state index >= 15 is 0 Å². The number of rotatable bonds is 2. The number of aryl methyl sites for hydroxylation is 1. The summed E-state index contributed by atoms with van der Waals surface area (Å²) < 4.78 is 0. The molecule has 1 saturated heterocycles. The average molecular weight is 252 g/mol. The van der Waals surface area contributed by atoms with E-state index in [2.05, 4.69) is 54.3 Å². The second kappa shape index (κ2) is 4.96. The van der Waals surface area contributed by atoms with Crippen molar-refractivity contribution in [3.05, 3.63) is 59.7 Å². The van der Waals surface area contributed by atoms with Gasteiger partial charge in [0.15, 0.2) is 0 Å². The SMILES string of the molecule is Cc1cc(N2CCC(c3ccccc3)C2)ccc1N. The molecule has 1 atom stereocenters. The van der Waals surface area contributed by atoms with Crippen LogP contribution in [0, 0.1) is 6.92 Å². The standard InChI is InChI=1S/C17H20N2/c1-13-11-16(7-8-17(13)18)19-10-9-15(12-19)14-5-3-2-4-6-14/h2-8,11,15H,9-10,12,18H2,1H3. The Morgan fingerprint density at radius 2 is 1.89 bits per heavy atom. The Labute approximate surface area is 114 Å². The first-order valence-corrected chi connectivity index (χ1v) is 6.90. The number of anilines is 2. The molecule has 2 nitrogen and oxygen atoms in total. The molecular weight excluding hydrogens is 232 g/mol. The van der Waals surface area contributed by atoms with Crippen LogP contribution in [0.3, 0.4) is 0 Å². The maximum atomic E-state index is 5.89. The van der Waals surface area contributed by atoms with Crippen LogP contribution in [0.15, 0.2) is 48.5 Å². The zero-order valence-electron chi connectivity index (χ0n) is 11.3. The molecule has 0 saturated carbocycles. The maximum Gasteiger partial charge on any atom is 0.0370 e. The van der Waals surface area contributed by atoms with E-state index in [1.165, 1.54) is 23.2 Å². The molecule has 3 rings (SSSR count). The van der Waals surface area contributed by atoms with Crippen molar-refractivity contribution in [3.8, 4) is 0 Å². The van der Waals surface area contributed by atoms with Crippen LogP contribution in [0.25, 0.3) is 0 Å². The summed E-state index contributed by atoms with van der Waals surface area (Å²) in [6.07, 6.45) is 1.23. The smallest absolute Gasteiger partial charge is 0.0370 e. The monoisotopic (exact) mass is 252 g/mol. The molecule has 2 N–H and O–H groups in total. The third-order valence-electron chi connectivity index (χ3n) is 4.08. The van der Waals surface area contributed by atoms with Gasteiger partial charge in [0.1, 0.15) is 0 Å². The van der Waals surface area contributed by atoms with Crippen molar-refractivity contribution in [2.75, 3.05) is 23.7 Å². The highest BCUT2D eigenvalue weighted by Crippen LogP contribution is 2.31. The zero-order valence-corrected chi connectivity index (χ0v) is 11.3. The summed E-state index contributed by atoms with van der Waals surface area (Å²) in [7, 11) is 0. The number of nitrogen functional groups attached to an aromatic ring is 1. The van der Waals surface area contributed by atoms with Crippen LogP contribution in [-0.2, 0) is 0 Å². The molecular formula is C17H20N2. The molecule has 0 aromatic heterocycles. The number of nitrogens with zero attached hydrogens (tertiary/aromatic N) is 1. The van der Waals surface area contributed by atoms with Crippen LogP contribution in [0.4, 0.5) is 11.4 Å². The molecule has 2 aromatic rings. The molecule has 0 radical (unpaired) electrons. The molecule has 1 aliphatic heterocycles. The van der Waals surface area contributed by atoms with Crippen molar-refractivity contribution in [1.82, 2.24) is 0 Å². The summed E-state index contributed by atoms with van der Waals surface area (Å²) in [6, 6.07) is 17.2. The van der Waals surface area contributed by atoms with Crippen LogP contribution in [0.5, 0.6) is 0 Å². The van der Waals surface area contributed by atoms with Crippen LogP contribution >= 0.6 is 0 Å². The first-order valence-electron chi connectivity index (χ1n) is 6.90. The van der Waals surface area contributed by atoms with Gasteiger partial charge in [-0.15, -0.1) is 0 Å². The van der Waals surface area contributed by atoms with E-state index in [1.807, 2.05) is 6.07 Å². The minimum absolute atomic E-state index is 0.652. The molecule has 1 aliphatic rings. The van der Waals surface area contributed by atoms with Crippen molar-refractivity contribution in [1.29, 1.82) is 0 Å². The van der Waals surface area contributed by atoms with E-state index in [4.69, 9.17) is 5.73 Å². The summed E-state index contributed by atoms with van der Waals surface area (Å²) >= 11 is 0. The van der Waals surface area contributed by atoms with Gasteiger partial charge in [0, 0.05) is 30.4 Å². The van der Waals surface area contributed by atoms with E-state index in [1.54, 1.807) is 0 Å². The zero-order chi connectivity index (χ0) is 13.2. The van der Waals surface area contributed by atoms with E-state index in [9.17, 15) is 0 Å². The van der Waals surface area contributed by atoms with Gasteiger partial charge >= 0.3 is 0 Å². The summed E-state index contributed by atoms with van der Waals surface area (Å²) in [6.45, 7) is 4.31. The van der Waals surface area contributed by atoms with E-state index in [-0.39, 0.29) is 0 Å². The van der Waals surface area contributed by atoms with Crippen molar-refractivity contribution in [3.63, 3.8) is 0 Å². The molecule has 98 valence electrons. The average Bonchev–Trinajstić information content (AvgIpc) is 2.93. The number of benzene rings is 2. The van der Waals surface area contributed by atoms with Gasteiger partial charge in [-0.05, 0) is 42.7 Å². The molecule has 19 heavy (non-hydrogen) atoms. The Hall–Kier alpha value is -1.96. The maximum absolute atomic E-state index is 5.89. The summed E-state index contributed by atoms with van der Waals surface area (Å²) in [5, 5.41) is 0. The topological polar surface area (TPSA) is 29.3 Å².